The summed E-state index contributed by atoms with van der Waals surface area (Å²) in [5.41, 5.74) is 4.69. The van der Waals surface area contributed by atoms with Crippen LogP contribution in [0.2, 0.25) is 0 Å². The molecule has 0 unspecified atom stereocenters. The lowest BCUT2D eigenvalue weighted by molar-refractivity contribution is -0.131. The number of nitrogens with one attached hydrogen (secondary N) is 1. The van der Waals surface area contributed by atoms with Crippen LogP contribution < -0.4 is 21.3 Å². The van der Waals surface area contributed by atoms with Crippen molar-refractivity contribution in [1.82, 2.24) is 19.8 Å². The van der Waals surface area contributed by atoms with Crippen LogP contribution in [0.15, 0.2) is 23.1 Å². The number of likely N-dealkylation sites (N-methyl/N-ethyl adjacent to an activating group) is 1. The number of hydrogen-bond donors (Lipinski definition) is 2. The number of ether oxygens (including phenoxy) is 1. The third-order valence-electron chi connectivity index (χ3n) is 5.15. The van der Waals surface area contributed by atoms with E-state index in [4.69, 9.17) is 10.5 Å². The zero-order valence-corrected chi connectivity index (χ0v) is 17.0. The van der Waals surface area contributed by atoms with Crippen molar-refractivity contribution in [2.45, 2.75) is 39.3 Å². The molecule has 0 saturated carbocycles. The lowest BCUT2D eigenvalue weighted by atomic mass is 10.1. The molecule has 0 spiro atoms. The lowest BCUT2D eigenvalue weighted by Gasteiger charge is -2.20. The Balaban J connectivity index is 2.03. The van der Waals surface area contributed by atoms with E-state index in [0.717, 1.165) is 4.57 Å². The summed E-state index contributed by atoms with van der Waals surface area (Å²) in [5, 5.41) is 3.21. The lowest BCUT2D eigenvalue weighted by Crippen LogP contribution is -2.38. The average molecular weight is 415 g/mol. The molecule has 3 heterocycles. The molecule has 3 N–H and O–H groups in total. The van der Waals surface area contributed by atoms with E-state index >= 15 is 0 Å². The molecule has 1 atom stereocenters. The molecule has 0 aromatic carbocycles. The van der Waals surface area contributed by atoms with Gasteiger partial charge in [-0.15, -0.1) is 0 Å². The quantitative estimate of drug-likeness (QED) is 0.624. The minimum atomic E-state index is -0.899. The summed E-state index contributed by atoms with van der Waals surface area (Å²) in [6.07, 6.45) is 2.58. The maximum atomic E-state index is 12.8. The van der Waals surface area contributed by atoms with E-state index in [1.165, 1.54) is 12.3 Å². The summed E-state index contributed by atoms with van der Waals surface area (Å²) >= 11 is 0. The monoisotopic (exact) mass is 415 g/mol. The third-order valence-corrected chi connectivity index (χ3v) is 5.15. The van der Waals surface area contributed by atoms with Gasteiger partial charge in [0.15, 0.2) is 0 Å². The first-order valence-electron chi connectivity index (χ1n) is 9.88. The van der Waals surface area contributed by atoms with Gasteiger partial charge in [0, 0.05) is 25.7 Å². The largest absolute Gasteiger partial charge is 0.491 e. The van der Waals surface area contributed by atoms with E-state index in [1.54, 1.807) is 11.0 Å². The number of nitrogens with two attached hydrogens (primary N) is 1. The highest BCUT2D eigenvalue weighted by Gasteiger charge is 2.23. The first kappa shape index (κ1) is 21.3. The number of amides is 3. The van der Waals surface area contributed by atoms with Gasteiger partial charge in [-0.2, -0.15) is 0 Å². The smallest absolute Gasteiger partial charge is 0.265 e. The van der Waals surface area contributed by atoms with E-state index in [1.807, 2.05) is 13.8 Å². The molecule has 160 valence electrons. The summed E-state index contributed by atoms with van der Waals surface area (Å²) in [7, 11) is 0. The number of fused-ring (bicyclic) bond motifs is 1. The van der Waals surface area contributed by atoms with Crippen molar-refractivity contribution >= 4 is 28.8 Å². The predicted octanol–water partition coefficient (Wildman–Crippen LogP) is 0.0212. The van der Waals surface area contributed by atoms with Gasteiger partial charge in [-0.1, -0.05) is 0 Å². The first-order chi connectivity index (χ1) is 14.3. The van der Waals surface area contributed by atoms with Crippen molar-refractivity contribution in [1.29, 1.82) is 0 Å². The average Bonchev–Trinajstić information content (AvgIpc) is 3.14. The van der Waals surface area contributed by atoms with Crippen LogP contribution in [-0.4, -0.2) is 57.9 Å². The van der Waals surface area contributed by atoms with Gasteiger partial charge in [-0.25, -0.2) is 4.98 Å². The zero-order valence-electron chi connectivity index (χ0n) is 17.0. The number of carbonyl (C=O) groups excluding carboxylic acids is 3. The molecule has 1 aliphatic rings. The Labute approximate surface area is 173 Å². The van der Waals surface area contributed by atoms with Gasteiger partial charge in [-0.3, -0.25) is 23.7 Å². The van der Waals surface area contributed by atoms with Crippen LogP contribution >= 0.6 is 0 Å². The van der Waals surface area contributed by atoms with Crippen molar-refractivity contribution in [3.8, 4) is 5.75 Å². The number of nitrogens with zero attached hydrogens (tertiary/aromatic N) is 3. The minimum absolute atomic E-state index is 0.0250. The summed E-state index contributed by atoms with van der Waals surface area (Å²) in [6, 6.07) is 2.82. The van der Waals surface area contributed by atoms with Crippen molar-refractivity contribution in [2.24, 2.45) is 5.73 Å². The second-order valence-corrected chi connectivity index (χ2v) is 7.04. The molecule has 3 rings (SSSR count). The van der Waals surface area contributed by atoms with Crippen molar-refractivity contribution < 1.29 is 19.1 Å². The normalized spacial score (nSPS) is 15.8. The Morgan fingerprint density at radius 2 is 2.07 bits per heavy atom. The number of carbonyl (C=O) groups is 3. The third kappa shape index (κ3) is 4.27. The number of rotatable bonds is 8. The molecule has 30 heavy (non-hydrogen) atoms. The summed E-state index contributed by atoms with van der Waals surface area (Å²) in [6.45, 7) is 4.63. The second-order valence-electron chi connectivity index (χ2n) is 7.04. The molecule has 2 aromatic heterocycles. The molecule has 10 heteroatoms. The highest BCUT2D eigenvalue weighted by molar-refractivity contribution is 5.97. The van der Waals surface area contributed by atoms with Crippen LogP contribution in [-0.2, 0) is 16.1 Å². The van der Waals surface area contributed by atoms with Crippen molar-refractivity contribution in [2.75, 3.05) is 19.7 Å². The first-order valence-corrected chi connectivity index (χ1v) is 9.88. The summed E-state index contributed by atoms with van der Waals surface area (Å²) in [5.74, 6) is -0.814. The Bertz CT molecular complexity index is 1040. The molecule has 1 aliphatic heterocycles. The molecule has 0 radical (unpaired) electrons. The van der Waals surface area contributed by atoms with Gasteiger partial charge in [0.1, 0.15) is 30.1 Å². The molecule has 10 nitrogen and oxygen atoms in total. The van der Waals surface area contributed by atoms with Crippen LogP contribution in [0.1, 0.15) is 37.0 Å². The van der Waals surface area contributed by atoms with Gasteiger partial charge in [0.25, 0.3) is 11.5 Å². The highest BCUT2D eigenvalue weighted by atomic mass is 16.5. The Hall–Kier alpha value is -3.43. The van der Waals surface area contributed by atoms with Gasteiger partial charge in [0.05, 0.1) is 11.4 Å². The second kappa shape index (κ2) is 8.93. The molecular formula is C20H25N5O5. The van der Waals surface area contributed by atoms with Gasteiger partial charge >= 0.3 is 0 Å². The highest BCUT2D eigenvalue weighted by Crippen LogP contribution is 2.24. The molecule has 1 saturated heterocycles. The van der Waals surface area contributed by atoms with Crippen LogP contribution in [0, 0.1) is 0 Å². The maximum absolute atomic E-state index is 12.8. The Morgan fingerprint density at radius 1 is 1.33 bits per heavy atom. The van der Waals surface area contributed by atoms with Crippen LogP contribution in [0.4, 0.5) is 0 Å². The number of aromatic nitrogens is 2. The Morgan fingerprint density at radius 3 is 2.67 bits per heavy atom. The zero-order chi connectivity index (χ0) is 21.8. The van der Waals surface area contributed by atoms with Gasteiger partial charge < -0.3 is 20.7 Å². The van der Waals surface area contributed by atoms with Crippen LogP contribution in [0.25, 0.3) is 11.0 Å². The minimum Gasteiger partial charge on any atom is -0.491 e. The fraction of sp³-hybridized carbons (Fsp3) is 0.450. The number of hydrogen-bond acceptors (Lipinski definition) is 6. The SMILES string of the molecule is CCN(CC)C(=O)Cn1c(=O)c(C(N)=O)cc2c(OC[C@@H]3CCC(=O)N3)ccnc21. The van der Waals surface area contributed by atoms with Gasteiger partial charge in [0.2, 0.25) is 11.8 Å². The fourth-order valence-corrected chi connectivity index (χ4v) is 3.50. The standard InChI is InChI=1S/C20H25N5O5/c1-3-24(4-2)17(27)10-25-19-13(9-14(18(21)28)20(25)29)15(7-8-22-19)30-11-12-5-6-16(26)23-12/h7-9,12H,3-6,10-11H2,1-2H3,(H2,21,28)(H,23,26)/t12-/m0/s1. The van der Waals surface area contributed by atoms with E-state index in [2.05, 4.69) is 10.3 Å². The number of primary amides is 1. The predicted molar refractivity (Wildman–Crippen MR) is 109 cm³/mol. The number of pyridine rings is 2. The van der Waals surface area contributed by atoms with Crippen molar-refractivity contribution in [3.05, 3.63) is 34.2 Å². The van der Waals surface area contributed by atoms with Crippen molar-refractivity contribution in [3.63, 3.8) is 0 Å². The molecule has 0 bridgehead atoms. The summed E-state index contributed by atoms with van der Waals surface area (Å²) < 4.78 is 7.01. The Kier molecular flexibility index (Phi) is 6.34. The van der Waals surface area contributed by atoms with E-state index in [0.29, 0.717) is 37.1 Å². The van der Waals surface area contributed by atoms with Crippen LogP contribution in [0.5, 0.6) is 5.75 Å². The van der Waals surface area contributed by atoms with E-state index in [-0.39, 0.29) is 42.2 Å². The molecular weight excluding hydrogens is 390 g/mol. The van der Waals surface area contributed by atoms with E-state index in [9.17, 15) is 19.2 Å². The van der Waals surface area contributed by atoms with E-state index < -0.39 is 11.5 Å². The molecule has 3 amide bonds. The topological polar surface area (TPSA) is 137 Å². The van der Waals surface area contributed by atoms with Gasteiger partial charge in [-0.05, 0) is 32.4 Å². The summed E-state index contributed by atoms with van der Waals surface area (Å²) in [4.78, 5) is 54.5. The molecule has 1 fully saturated rings. The maximum Gasteiger partial charge on any atom is 0.265 e. The molecule has 2 aromatic rings. The van der Waals surface area contributed by atoms with Crippen LogP contribution in [0.3, 0.4) is 0 Å². The molecule has 0 aliphatic carbocycles. The fourth-order valence-electron chi connectivity index (χ4n) is 3.50.